The van der Waals surface area contributed by atoms with Gasteiger partial charge in [0.1, 0.15) is 0 Å². The first-order valence-corrected chi connectivity index (χ1v) is 11.9. The number of methoxy groups -OCH3 is 2. The summed E-state index contributed by atoms with van der Waals surface area (Å²) in [6.45, 7) is 11.4. The molecule has 0 aromatic rings. The molecule has 0 atom stereocenters. The third-order valence-electron chi connectivity index (χ3n) is 2.13. The molecule has 0 spiro atoms. The van der Waals surface area contributed by atoms with Crippen molar-refractivity contribution in [2.75, 3.05) is 74.6 Å². The average molecular weight is 1070 g/mol. The van der Waals surface area contributed by atoms with Gasteiger partial charge in [-0.05, 0) is 21.1 Å². The van der Waals surface area contributed by atoms with Crippen molar-refractivity contribution < 1.29 is 51.9 Å². The molecule has 0 aromatic heterocycles. The van der Waals surface area contributed by atoms with Gasteiger partial charge in [-0.2, -0.15) is 0 Å². The zero-order chi connectivity index (χ0) is 35.2. The molecule has 288 valence electrons. The number of carbonyl (C=O) groups excluding carboxylic acids is 5. The van der Waals surface area contributed by atoms with Crippen LogP contribution >= 0.6 is 0 Å². The number of ether oxygens (including phenoxy) is 2. The van der Waals surface area contributed by atoms with E-state index in [-0.39, 0.29) is 207 Å². The van der Waals surface area contributed by atoms with Gasteiger partial charge in [0.15, 0.2) is 0 Å². The van der Waals surface area contributed by atoms with Crippen molar-refractivity contribution in [2.24, 2.45) is 34.4 Å². The third-order valence-corrected chi connectivity index (χ3v) is 2.13. The van der Waals surface area contributed by atoms with E-state index in [0.717, 1.165) is 6.92 Å². The Morgan fingerprint density at radius 3 is 0.723 bits per heavy atom. The molecule has 0 aromatic carbocycles. The standard InChI is InChI=1S/C6H12N2O2.C4H10N2O.2C3H6O2.C2H8N2.C2H4O2.3CH5N.3CH4.3Ba.6H/c1-5(9)7-3-4-8-6(2)10;1-4(7)6-3-2-5;2*1-3(4)5-2;3-1-2-4;1-2(3)4;3*1-2;;;;;;;;;;;;/h3-4H2,1-2H3,(H,7,9)(H,8,10);2-3,5H2,1H3,(H,6,7);2*1-2H3;1-4H2;1H3,(H,3,4);3*2H2,1H3;3*1H4;;;;;;;;;/q;;;;;;;;;;;;3*+2;6*-1. The van der Waals surface area contributed by atoms with Gasteiger partial charge in [-0.15, -0.1) is 0 Å². The number of esters is 2. The van der Waals surface area contributed by atoms with Crippen LogP contribution in [0.15, 0.2) is 0 Å². The van der Waals surface area contributed by atoms with E-state index in [4.69, 9.17) is 27.1 Å². The minimum Gasteiger partial charge on any atom is -1.00 e. The summed E-state index contributed by atoms with van der Waals surface area (Å²) >= 11 is 0. The fourth-order valence-electron chi connectivity index (χ4n) is 0.725. The quantitative estimate of drug-likeness (QED) is 0.0771. The van der Waals surface area contributed by atoms with Crippen LogP contribution < -0.4 is 50.4 Å². The van der Waals surface area contributed by atoms with Crippen molar-refractivity contribution in [3.63, 3.8) is 0 Å². The first-order chi connectivity index (χ1) is 19.1. The van der Waals surface area contributed by atoms with Crippen LogP contribution in [0.4, 0.5) is 0 Å². The van der Waals surface area contributed by atoms with Crippen LogP contribution in [-0.2, 0) is 38.2 Å². The van der Waals surface area contributed by atoms with Gasteiger partial charge in [-0.25, -0.2) is 0 Å². The first kappa shape index (κ1) is 97.4. The second-order valence-corrected chi connectivity index (χ2v) is 5.73. The molecule has 0 rings (SSSR count). The molecule has 0 bridgehead atoms. The Bertz CT molecular complexity index is 566. The molecule has 0 saturated heterocycles. The molecule has 0 heterocycles. The smallest absolute Gasteiger partial charge is 1.00 e. The van der Waals surface area contributed by atoms with E-state index >= 15 is 0 Å². The third kappa shape index (κ3) is 324. The molecule has 0 saturated carbocycles. The van der Waals surface area contributed by atoms with E-state index in [1.54, 1.807) is 0 Å². The Morgan fingerprint density at radius 1 is 0.511 bits per heavy atom. The Hall–Kier alpha value is 1.29. The normalized spacial score (nSPS) is 6.06. The molecule has 47 heavy (non-hydrogen) atoms. The minimum atomic E-state index is -0.833. The zero-order valence-corrected chi connectivity index (χ0v) is 42.4. The molecule has 18 nitrogen and oxygen atoms in total. The summed E-state index contributed by atoms with van der Waals surface area (Å²) in [4.78, 5) is 58.7. The molecular weight excluding hydrogens is 994 g/mol. The zero-order valence-electron chi connectivity index (χ0n) is 35.0. The first-order valence-electron chi connectivity index (χ1n) is 11.9. The summed E-state index contributed by atoms with van der Waals surface area (Å²) in [6.07, 6.45) is 0. The number of rotatable bonds is 6. The summed E-state index contributed by atoms with van der Waals surface area (Å²) in [5.74, 6) is -1.50. The molecule has 0 unspecified atom stereocenters. The number of nitrogens with one attached hydrogen (secondary N) is 3. The van der Waals surface area contributed by atoms with Crippen LogP contribution in [0.1, 0.15) is 72.4 Å². The summed E-state index contributed by atoms with van der Waals surface area (Å²) in [6, 6.07) is 0. The molecule has 0 fully saturated rings. The van der Waals surface area contributed by atoms with Crippen molar-refractivity contribution in [1.29, 1.82) is 0 Å². The van der Waals surface area contributed by atoms with Gasteiger partial charge in [0.2, 0.25) is 17.7 Å². The topological polar surface area (TPSA) is 333 Å². The van der Waals surface area contributed by atoms with Crippen LogP contribution in [0.2, 0.25) is 0 Å². The second-order valence-electron chi connectivity index (χ2n) is 5.73. The average Bonchev–Trinajstić information content (AvgIpc) is 2.93. The van der Waals surface area contributed by atoms with Crippen molar-refractivity contribution in [2.45, 2.75) is 63.8 Å². The van der Waals surface area contributed by atoms with Crippen LogP contribution in [0, 0.1) is 0 Å². The number of hydrogen-bond acceptors (Lipinski definition) is 14. The van der Waals surface area contributed by atoms with E-state index < -0.39 is 5.97 Å². The molecule has 0 radical (unpaired) electrons. The number of amides is 3. The molecule has 3 amide bonds. The number of nitrogens with two attached hydrogens (primary N) is 6. The fraction of sp³-hybridized carbons (Fsp3) is 0.769. The number of hydrogen-bond donors (Lipinski definition) is 10. The number of carboxylic acid groups (broad SMARTS) is 1. The number of carbonyl (C=O) groups is 6. The maximum atomic E-state index is 10.3. The molecular formula is C26H79Ba3N9O9. The molecule has 0 aliphatic rings. The van der Waals surface area contributed by atoms with E-state index in [1.165, 1.54) is 70.0 Å². The van der Waals surface area contributed by atoms with Crippen LogP contribution in [0.3, 0.4) is 0 Å². The Balaban J connectivity index is -0.0000000116. The summed E-state index contributed by atoms with van der Waals surface area (Å²) in [5, 5.41) is 15.0. The van der Waals surface area contributed by atoms with Gasteiger partial charge in [0, 0.05) is 80.8 Å². The maximum Gasteiger partial charge on any atom is 2.00 e. The van der Waals surface area contributed by atoms with Crippen molar-refractivity contribution >= 4 is 182 Å². The van der Waals surface area contributed by atoms with Gasteiger partial charge in [0.25, 0.3) is 5.97 Å². The molecule has 0 aliphatic carbocycles. The monoisotopic (exact) mass is 1080 g/mol. The van der Waals surface area contributed by atoms with Crippen molar-refractivity contribution in [3.05, 3.63) is 0 Å². The minimum absolute atomic E-state index is 0. The molecule has 0 aliphatic heterocycles. The van der Waals surface area contributed by atoms with Crippen LogP contribution in [-0.4, -0.2) is 262 Å². The predicted molar refractivity (Wildman–Crippen MR) is 206 cm³/mol. The summed E-state index contributed by atoms with van der Waals surface area (Å²) in [5.41, 5.74) is 28.4. The fourth-order valence-corrected chi connectivity index (χ4v) is 0.725. The Morgan fingerprint density at radius 2 is 0.660 bits per heavy atom. The molecule has 16 N–H and O–H groups in total. The Kier molecular flexibility index (Phi) is 229. The van der Waals surface area contributed by atoms with Gasteiger partial charge < -0.3 is 73.5 Å². The predicted octanol–water partition coefficient (Wildman–Crippen LogP) is -2.14. The Labute approximate surface area is 416 Å². The second kappa shape index (κ2) is 110. The van der Waals surface area contributed by atoms with Gasteiger partial charge >= 0.3 is 159 Å². The molecule has 21 heteroatoms. The SMILES string of the molecule is C.C.C.CC(=O)NCCN.CC(=O)NCCNC(C)=O.CC(=O)O.CN.CN.CN.COC(C)=O.COC(C)=O.NCCN.[Ba+2].[Ba+2].[Ba+2].[H-].[H-].[H-].[H-].[H-].[H-]. The van der Waals surface area contributed by atoms with Gasteiger partial charge in [-0.1, -0.05) is 22.3 Å². The van der Waals surface area contributed by atoms with Crippen LogP contribution in [0.5, 0.6) is 0 Å². The van der Waals surface area contributed by atoms with Gasteiger partial charge in [-0.3, -0.25) is 28.8 Å². The van der Waals surface area contributed by atoms with E-state index in [1.807, 2.05) is 0 Å². The summed E-state index contributed by atoms with van der Waals surface area (Å²) < 4.78 is 8.22. The van der Waals surface area contributed by atoms with E-state index in [9.17, 15) is 24.0 Å². The number of carboxylic acids is 1. The van der Waals surface area contributed by atoms with Crippen molar-refractivity contribution in [3.8, 4) is 0 Å². The van der Waals surface area contributed by atoms with Crippen molar-refractivity contribution in [1.82, 2.24) is 16.0 Å². The van der Waals surface area contributed by atoms with Crippen LogP contribution in [0.25, 0.3) is 0 Å². The maximum absolute atomic E-state index is 10.3. The summed E-state index contributed by atoms with van der Waals surface area (Å²) in [7, 11) is 7.20. The van der Waals surface area contributed by atoms with E-state index in [0.29, 0.717) is 39.3 Å². The largest absolute Gasteiger partial charge is 2.00 e. The van der Waals surface area contributed by atoms with E-state index in [2.05, 4.69) is 42.6 Å². The number of aliphatic carboxylic acids is 1. The van der Waals surface area contributed by atoms with Gasteiger partial charge in [0.05, 0.1) is 14.2 Å².